The van der Waals surface area contributed by atoms with Crippen molar-refractivity contribution in [3.8, 4) is 17.0 Å². The number of hydrogen-bond acceptors (Lipinski definition) is 3. The smallest absolute Gasteiger partial charge is 0.341 e. The summed E-state index contributed by atoms with van der Waals surface area (Å²) in [7, 11) is 1.50. The minimum absolute atomic E-state index is 0.271. The molecule has 0 amide bonds. The summed E-state index contributed by atoms with van der Waals surface area (Å²) in [6, 6.07) is 13.8. The number of aromatic nitrogens is 1. The molecular formula is C17H13NO4. The fourth-order valence-corrected chi connectivity index (χ4v) is 2.48. The number of nitrogens with one attached hydrogen (secondary N) is 1. The molecule has 2 N–H and O–H groups in total. The molecule has 0 saturated heterocycles. The molecule has 3 aromatic rings. The van der Waals surface area contributed by atoms with Crippen LogP contribution in [-0.4, -0.2) is 23.2 Å². The summed E-state index contributed by atoms with van der Waals surface area (Å²) in [6.45, 7) is 0. The molecule has 5 heteroatoms. The molecular weight excluding hydrogens is 282 g/mol. The van der Waals surface area contributed by atoms with Crippen LogP contribution in [0.1, 0.15) is 10.4 Å². The minimum Gasteiger partial charge on any atom is -0.495 e. The van der Waals surface area contributed by atoms with Gasteiger partial charge in [0, 0.05) is 0 Å². The van der Waals surface area contributed by atoms with Gasteiger partial charge in [0.15, 0.2) is 0 Å². The number of rotatable bonds is 3. The number of carboxylic acids is 1. The van der Waals surface area contributed by atoms with Crippen LogP contribution in [0.5, 0.6) is 5.75 Å². The predicted octanol–water partition coefficient (Wildman–Crippen LogP) is 2.90. The van der Waals surface area contributed by atoms with Crippen LogP contribution in [0, 0.1) is 0 Å². The monoisotopic (exact) mass is 295 g/mol. The molecule has 0 saturated carbocycles. The lowest BCUT2D eigenvalue weighted by Crippen LogP contribution is -2.18. The zero-order valence-corrected chi connectivity index (χ0v) is 11.8. The van der Waals surface area contributed by atoms with Crippen molar-refractivity contribution in [3.05, 3.63) is 64.3 Å². The van der Waals surface area contributed by atoms with E-state index in [1.165, 1.54) is 7.11 Å². The Kier molecular flexibility index (Phi) is 3.39. The van der Waals surface area contributed by atoms with Crippen LogP contribution in [0.25, 0.3) is 22.2 Å². The first-order valence-corrected chi connectivity index (χ1v) is 6.65. The summed E-state index contributed by atoms with van der Waals surface area (Å²) in [5.74, 6) is -0.770. The summed E-state index contributed by atoms with van der Waals surface area (Å²) in [5, 5.41) is 9.73. The Balaban J connectivity index is 2.47. The van der Waals surface area contributed by atoms with Crippen molar-refractivity contribution in [1.29, 1.82) is 0 Å². The predicted molar refractivity (Wildman–Crippen MR) is 83.5 cm³/mol. The van der Waals surface area contributed by atoms with Crippen LogP contribution in [0.2, 0.25) is 0 Å². The Morgan fingerprint density at radius 3 is 2.45 bits per heavy atom. The second-order valence-electron chi connectivity index (χ2n) is 4.76. The number of ether oxygens (including phenoxy) is 1. The molecule has 2 aromatic carbocycles. The van der Waals surface area contributed by atoms with Gasteiger partial charge in [-0.05, 0) is 17.7 Å². The maximum atomic E-state index is 12.6. The van der Waals surface area contributed by atoms with E-state index in [1.54, 1.807) is 42.5 Å². The third-order valence-electron chi connectivity index (χ3n) is 3.49. The Labute approximate surface area is 125 Å². The second kappa shape index (κ2) is 5.37. The number of aromatic carboxylic acids is 1. The Morgan fingerprint density at radius 2 is 1.82 bits per heavy atom. The first-order valence-electron chi connectivity index (χ1n) is 6.65. The number of methoxy groups -OCH3 is 1. The van der Waals surface area contributed by atoms with E-state index in [2.05, 4.69) is 4.98 Å². The van der Waals surface area contributed by atoms with E-state index in [0.29, 0.717) is 16.8 Å². The van der Waals surface area contributed by atoms with E-state index in [1.807, 2.05) is 6.07 Å². The molecule has 5 nitrogen and oxygen atoms in total. The van der Waals surface area contributed by atoms with Gasteiger partial charge in [-0.1, -0.05) is 36.4 Å². The maximum absolute atomic E-state index is 12.6. The molecule has 0 atom stereocenters. The highest BCUT2D eigenvalue weighted by atomic mass is 16.5. The summed E-state index contributed by atoms with van der Waals surface area (Å²) >= 11 is 0. The molecule has 22 heavy (non-hydrogen) atoms. The molecule has 0 fully saturated rings. The van der Waals surface area contributed by atoms with Gasteiger partial charge >= 0.3 is 5.97 Å². The van der Waals surface area contributed by atoms with Gasteiger partial charge in [0.1, 0.15) is 11.3 Å². The van der Waals surface area contributed by atoms with Crippen molar-refractivity contribution < 1.29 is 14.6 Å². The van der Waals surface area contributed by atoms with E-state index in [4.69, 9.17) is 4.74 Å². The van der Waals surface area contributed by atoms with Crippen molar-refractivity contribution in [2.24, 2.45) is 0 Å². The normalized spacial score (nSPS) is 10.6. The summed E-state index contributed by atoms with van der Waals surface area (Å²) in [4.78, 5) is 27.2. The number of para-hydroxylation sites is 1. The third kappa shape index (κ3) is 2.13. The van der Waals surface area contributed by atoms with Crippen LogP contribution in [0.3, 0.4) is 0 Å². The highest BCUT2D eigenvalue weighted by Gasteiger charge is 2.20. The molecule has 3 rings (SSSR count). The van der Waals surface area contributed by atoms with Gasteiger partial charge in [-0.25, -0.2) is 4.79 Å². The highest BCUT2D eigenvalue weighted by molar-refractivity contribution is 6.00. The molecule has 0 spiro atoms. The van der Waals surface area contributed by atoms with Crippen LogP contribution in [0.15, 0.2) is 53.3 Å². The number of H-pyrrole nitrogens is 1. The van der Waals surface area contributed by atoms with Crippen LogP contribution >= 0.6 is 0 Å². The lowest BCUT2D eigenvalue weighted by molar-refractivity contribution is 0.0696. The van der Waals surface area contributed by atoms with E-state index >= 15 is 0 Å². The number of benzene rings is 2. The Morgan fingerprint density at radius 1 is 1.09 bits per heavy atom. The van der Waals surface area contributed by atoms with E-state index in [0.717, 1.165) is 0 Å². The fraction of sp³-hybridized carbons (Fsp3) is 0.0588. The zero-order valence-electron chi connectivity index (χ0n) is 11.8. The number of carbonyl (C=O) groups is 1. The lowest BCUT2D eigenvalue weighted by Gasteiger charge is -2.11. The van der Waals surface area contributed by atoms with Gasteiger partial charge in [-0.15, -0.1) is 0 Å². The maximum Gasteiger partial charge on any atom is 0.341 e. The van der Waals surface area contributed by atoms with Gasteiger partial charge in [-0.2, -0.15) is 0 Å². The van der Waals surface area contributed by atoms with Gasteiger partial charge in [0.05, 0.1) is 23.7 Å². The Hall–Kier alpha value is -3.08. The van der Waals surface area contributed by atoms with Crippen molar-refractivity contribution >= 4 is 16.9 Å². The highest BCUT2D eigenvalue weighted by Crippen LogP contribution is 2.27. The zero-order chi connectivity index (χ0) is 15.7. The largest absolute Gasteiger partial charge is 0.495 e. The molecule has 0 aliphatic heterocycles. The lowest BCUT2D eigenvalue weighted by atomic mass is 10.0. The van der Waals surface area contributed by atoms with Gasteiger partial charge < -0.3 is 14.8 Å². The average Bonchev–Trinajstić information content (AvgIpc) is 2.54. The summed E-state index contributed by atoms with van der Waals surface area (Å²) < 4.78 is 5.26. The summed E-state index contributed by atoms with van der Waals surface area (Å²) in [6.07, 6.45) is 0. The molecule has 0 radical (unpaired) electrons. The number of aromatic amines is 1. The average molecular weight is 295 g/mol. The number of hydrogen-bond donors (Lipinski definition) is 2. The van der Waals surface area contributed by atoms with Crippen molar-refractivity contribution in [2.45, 2.75) is 0 Å². The van der Waals surface area contributed by atoms with Crippen LogP contribution < -0.4 is 10.2 Å². The van der Waals surface area contributed by atoms with Crippen LogP contribution in [-0.2, 0) is 0 Å². The van der Waals surface area contributed by atoms with Crippen molar-refractivity contribution in [3.63, 3.8) is 0 Å². The first kappa shape index (κ1) is 13.9. The molecule has 110 valence electrons. The minimum atomic E-state index is -1.26. The molecule has 0 bridgehead atoms. The van der Waals surface area contributed by atoms with Gasteiger partial charge in [-0.3, -0.25) is 4.79 Å². The standard InChI is InChI=1S/C17H13NO4/c1-22-12-9-5-8-11-15(12)18-14(10-6-3-2-4-7-10)13(16(11)19)17(20)21/h2-9H,1H3,(H,18,19)(H,20,21). The molecule has 0 aliphatic carbocycles. The molecule has 0 unspecified atom stereocenters. The third-order valence-corrected chi connectivity index (χ3v) is 3.49. The van der Waals surface area contributed by atoms with E-state index in [9.17, 15) is 14.7 Å². The summed E-state index contributed by atoms with van der Waals surface area (Å²) in [5.41, 5.74) is 0.588. The Bertz CT molecular complexity index is 913. The van der Waals surface area contributed by atoms with Gasteiger partial charge in [0.25, 0.3) is 0 Å². The second-order valence-corrected chi connectivity index (χ2v) is 4.76. The fourth-order valence-electron chi connectivity index (χ4n) is 2.48. The number of fused-ring (bicyclic) bond motifs is 1. The van der Waals surface area contributed by atoms with Crippen molar-refractivity contribution in [2.75, 3.05) is 7.11 Å². The van der Waals surface area contributed by atoms with E-state index in [-0.39, 0.29) is 16.6 Å². The van der Waals surface area contributed by atoms with E-state index < -0.39 is 11.4 Å². The SMILES string of the molecule is COc1cccc2c(=O)c(C(=O)O)c(-c3ccccc3)[nH]c12. The van der Waals surface area contributed by atoms with Gasteiger partial charge in [0.2, 0.25) is 5.43 Å². The van der Waals surface area contributed by atoms with Crippen LogP contribution in [0.4, 0.5) is 0 Å². The molecule has 0 aliphatic rings. The number of pyridine rings is 1. The molecule has 1 aromatic heterocycles. The quantitative estimate of drug-likeness (QED) is 0.778. The number of carboxylic acid groups (broad SMARTS) is 1. The molecule has 1 heterocycles. The topological polar surface area (TPSA) is 79.4 Å². The van der Waals surface area contributed by atoms with Crippen molar-refractivity contribution in [1.82, 2.24) is 4.98 Å². The first-order chi connectivity index (χ1) is 10.6.